The molecule has 2 rings (SSSR count). The van der Waals surface area contributed by atoms with Gasteiger partial charge >= 0.3 is 0 Å². The van der Waals surface area contributed by atoms with Gasteiger partial charge in [-0.05, 0) is 27.6 Å². The Morgan fingerprint density at radius 1 is 1.40 bits per heavy atom. The van der Waals surface area contributed by atoms with Crippen LogP contribution in [0.5, 0.6) is 0 Å². The molecule has 0 saturated carbocycles. The highest BCUT2D eigenvalue weighted by Gasteiger charge is 1.98. The van der Waals surface area contributed by atoms with Crippen LogP contribution < -0.4 is 11.3 Å². The van der Waals surface area contributed by atoms with Gasteiger partial charge < -0.3 is 5.43 Å². The summed E-state index contributed by atoms with van der Waals surface area (Å²) < 4.78 is 2.80. The molecule has 0 fully saturated rings. The number of rotatable bonds is 3. The first-order valence-corrected chi connectivity index (χ1v) is 5.17. The third kappa shape index (κ3) is 2.54. The number of pyridine rings is 1. The highest BCUT2D eigenvalue weighted by atomic mass is 79.9. The Morgan fingerprint density at radius 2 is 2.27 bits per heavy atom. The molecule has 2 aromatic rings. The van der Waals surface area contributed by atoms with Crippen LogP contribution in [0, 0.1) is 0 Å². The van der Waals surface area contributed by atoms with Crippen LogP contribution in [0.1, 0.15) is 5.56 Å². The second kappa shape index (κ2) is 4.41. The molecule has 6 heteroatoms. The zero-order chi connectivity index (χ0) is 10.7. The number of hydrogen-bond donors (Lipinski definition) is 2. The molecular weight excluding hydrogens is 258 g/mol. The molecule has 0 aliphatic rings. The summed E-state index contributed by atoms with van der Waals surface area (Å²) >= 11 is 3.34. The van der Waals surface area contributed by atoms with Crippen molar-refractivity contribution in [2.45, 2.75) is 6.54 Å². The van der Waals surface area contributed by atoms with Crippen LogP contribution >= 0.6 is 15.9 Å². The molecule has 15 heavy (non-hydrogen) atoms. The number of nitrogens with one attached hydrogen (secondary N) is 1. The minimum absolute atomic E-state index is 0.653. The zero-order valence-electron chi connectivity index (χ0n) is 7.89. The molecule has 0 aliphatic heterocycles. The number of halogens is 1. The predicted molar refractivity (Wildman–Crippen MR) is 61.1 cm³/mol. The normalized spacial score (nSPS) is 10.3. The number of anilines is 1. The summed E-state index contributed by atoms with van der Waals surface area (Å²) in [5.74, 6) is 5.87. The molecule has 0 saturated heterocycles. The third-order valence-corrected chi connectivity index (χ3v) is 2.33. The summed E-state index contributed by atoms with van der Waals surface area (Å²) in [6, 6.07) is 3.78. The summed E-state index contributed by atoms with van der Waals surface area (Å²) in [5.41, 5.74) is 3.55. The molecule has 0 spiro atoms. The molecule has 0 atom stereocenters. The Labute approximate surface area is 95.4 Å². The zero-order valence-corrected chi connectivity index (χ0v) is 9.48. The van der Waals surface area contributed by atoms with Crippen LogP contribution in [0.2, 0.25) is 0 Å². The van der Waals surface area contributed by atoms with Crippen LogP contribution in [0.4, 0.5) is 5.82 Å². The van der Waals surface area contributed by atoms with Gasteiger partial charge in [0.15, 0.2) is 0 Å². The highest BCUT2D eigenvalue weighted by molar-refractivity contribution is 9.10. The molecule has 0 aromatic carbocycles. The summed E-state index contributed by atoms with van der Waals surface area (Å²) in [4.78, 5) is 4.11. The average molecular weight is 268 g/mol. The second-order valence-electron chi connectivity index (χ2n) is 3.05. The number of aromatic nitrogens is 3. The standard InChI is InChI=1S/C9H10BrN5/c10-8-4-13-15(6-8)5-7-1-2-9(14-11)12-3-7/h1-4,6H,5,11H2,(H,12,14). The minimum atomic E-state index is 0.653. The SMILES string of the molecule is NNc1ccc(Cn2cc(Br)cn2)cn1. The quantitative estimate of drug-likeness (QED) is 0.651. The van der Waals surface area contributed by atoms with Gasteiger partial charge in [0.05, 0.1) is 17.2 Å². The first-order valence-electron chi connectivity index (χ1n) is 4.37. The Bertz CT molecular complexity index is 436. The Morgan fingerprint density at radius 3 is 2.80 bits per heavy atom. The van der Waals surface area contributed by atoms with Crippen molar-refractivity contribution in [3.8, 4) is 0 Å². The lowest BCUT2D eigenvalue weighted by atomic mass is 10.3. The van der Waals surface area contributed by atoms with Crippen molar-refractivity contribution >= 4 is 21.7 Å². The van der Waals surface area contributed by atoms with Crippen LogP contribution in [-0.2, 0) is 6.54 Å². The van der Waals surface area contributed by atoms with E-state index in [1.54, 1.807) is 12.4 Å². The van der Waals surface area contributed by atoms with Gasteiger partial charge in [0.1, 0.15) is 5.82 Å². The van der Waals surface area contributed by atoms with Gasteiger partial charge in [0.2, 0.25) is 0 Å². The average Bonchev–Trinajstić information content (AvgIpc) is 2.65. The van der Waals surface area contributed by atoms with Crippen molar-refractivity contribution < 1.29 is 0 Å². The first-order chi connectivity index (χ1) is 7.28. The van der Waals surface area contributed by atoms with Gasteiger partial charge in [-0.25, -0.2) is 10.8 Å². The van der Waals surface area contributed by atoms with Crippen LogP contribution in [0.3, 0.4) is 0 Å². The maximum Gasteiger partial charge on any atom is 0.139 e. The molecule has 0 aliphatic carbocycles. The van der Waals surface area contributed by atoms with Crippen molar-refractivity contribution in [3.63, 3.8) is 0 Å². The molecule has 0 radical (unpaired) electrons. The van der Waals surface area contributed by atoms with E-state index in [-0.39, 0.29) is 0 Å². The Hall–Kier alpha value is -1.40. The maximum atomic E-state index is 5.22. The van der Waals surface area contributed by atoms with E-state index in [4.69, 9.17) is 5.84 Å². The molecule has 3 N–H and O–H groups in total. The Balaban J connectivity index is 2.11. The molecule has 2 aromatic heterocycles. The molecule has 2 heterocycles. The molecule has 5 nitrogen and oxygen atoms in total. The topological polar surface area (TPSA) is 68.8 Å². The van der Waals surface area contributed by atoms with E-state index in [2.05, 4.69) is 31.4 Å². The fourth-order valence-corrected chi connectivity index (χ4v) is 1.54. The van der Waals surface area contributed by atoms with Crippen molar-refractivity contribution in [2.24, 2.45) is 5.84 Å². The lowest BCUT2D eigenvalue weighted by molar-refractivity contribution is 0.684. The van der Waals surface area contributed by atoms with Gasteiger partial charge in [-0.1, -0.05) is 6.07 Å². The van der Waals surface area contributed by atoms with E-state index < -0.39 is 0 Å². The van der Waals surface area contributed by atoms with E-state index in [0.717, 1.165) is 10.0 Å². The maximum absolute atomic E-state index is 5.22. The number of hydrazine groups is 1. The number of nitrogen functional groups attached to an aromatic ring is 1. The van der Waals surface area contributed by atoms with Crippen molar-refractivity contribution in [2.75, 3.05) is 5.43 Å². The molecule has 0 unspecified atom stereocenters. The van der Waals surface area contributed by atoms with Crippen molar-refractivity contribution in [1.29, 1.82) is 0 Å². The van der Waals surface area contributed by atoms with Crippen molar-refractivity contribution in [3.05, 3.63) is 40.8 Å². The first kappa shape index (κ1) is 10.1. The third-order valence-electron chi connectivity index (χ3n) is 1.92. The summed E-state index contributed by atoms with van der Waals surface area (Å²) in [7, 11) is 0. The summed E-state index contributed by atoms with van der Waals surface area (Å²) in [5, 5.41) is 4.16. The van der Waals surface area contributed by atoms with E-state index in [1.165, 1.54) is 0 Å². The number of nitrogens with two attached hydrogens (primary N) is 1. The second-order valence-corrected chi connectivity index (χ2v) is 3.97. The highest BCUT2D eigenvalue weighted by Crippen LogP contribution is 2.09. The lowest BCUT2D eigenvalue weighted by Gasteiger charge is -2.02. The Kier molecular flexibility index (Phi) is 2.98. The lowest BCUT2D eigenvalue weighted by Crippen LogP contribution is -2.08. The van der Waals surface area contributed by atoms with Crippen LogP contribution in [0.15, 0.2) is 35.2 Å². The monoisotopic (exact) mass is 267 g/mol. The van der Waals surface area contributed by atoms with E-state index in [1.807, 2.05) is 23.0 Å². The molecule has 0 amide bonds. The van der Waals surface area contributed by atoms with Crippen molar-refractivity contribution in [1.82, 2.24) is 14.8 Å². The van der Waals surface area contributed by atoms with Gasteiger partial charge in [-0.2, -0.15) is 5.10 Å². The van der Waals surface area contributed by atoms with Crippen LogP contribution in [0.25, 0.3) is 0 Å². The van der Waals surface area contributed by atoms with Gasteiger partial charge in [-0.3, -0.25) is 4.68 Å². The number of nitrogens with zero attached hydrogens (tertiary/aromatic N) is 3. The van der Waals surface area contributed by atoms with Gasteiger partial charge in [0.25, 0.3) is 0 Å². The van der Waals surface area contributed by atoms with Gasteiger partial charge in [0, 0.05) is 12.4 Å². The fourth-order valence-electron chi connectivity index (χ4n) is 1.22. The summed E-state index contributed by atoms with van der Waals surface area (Å²) in [6.45, 7) is 0.698. The fraction of sp³-hybridized carbons (Fsp3) is 0.111. The molecular formula is C9H10BrN5. The number of hydrogen-bond acceptors (Lipinski definition) is 4. The largest absolute Gasteiger partial charge is 0.308 e. The van der Waals surface area contributed by atoms with Gasteiger partial charge in [-0.15, -0.1) is 0 Å². The summed E-state index contributed by atoms with van der Waals surface area (Å²) in [6.07, 6.45) is 5.43. The van der Waals surface area contributed by atoms with E-state index >= 15 is 0 Å². The van der Waals surface area contributed by atoms with Crippen LogP contribution in [-0.4, -0.2) is 14.8 Å². The molecule has 78 valence electrons. The van der Waals surface area contributed by atoms with E-state index in [0.29, 0.717) is 12.4 Å². The van der Waals surface area contributed by atoms with E-state index in [9.17, 15) is 0 Å². The molecule has 0 bridgehead atoms. The minimum Gasteiger partial charge on any atom is -0.308 e. The smallest absolute Gasteiger partial charge is 0.139 e. The predicted octanol–water partition coefficient (Wildman–Crippen LogP) is 1.37.